The largest absolute Gasteiger partial charge is 0.481 e. The van der Waals surface area contributed by atoms with Crippen molar-refractivity contribution in [2.75, 3.05) is 19.8 Å². The molecule has 1 N–H and O–H groups in total. The number of tetrazole rings is 1. The number of hydrogen-bond donors (Lipinski definition) is 1. The van der Waals surface area contributed by atoms with Crippen LogP contribution in [0.15, 0.2) is 0 Å². The Morgan fingerprint density at radius 3 is 2.95 bits per heavy atom. The minimum absolute atomic E-state index is 0.124. The number of aliphatic carboxylic acids is 1. The second-order valence-electron chi connectivity index (χ2n) is 4.72. The van der Waals surface area contributed by atoms with Crippen LogP contribution in [-0.4, -0.2) is 62.0 Å². The highest BCUT2D eigenvalue weighted by Crippen LogP contribution is 2.21. The molecular weight excluding hydrogens is 250 g/mol. The molecule has 19 heavy (non-hydrogen) atoms. The average Bonchev–Trinajstić information content (AvgIpc) is 2.97. The lowest BCUT2D eigenvalue weighted by molar-refractivity contribution is -0.143. The molecule has 1 saturated heterocycles. The average molecular weight is 269 g/mol. The van der Waals surface area contributed by atoms with Crippen LogP contribution in [0.5, 0.6) is 0 Å². The van der Waals surface area contributed by atoms with Gasteiger partial charge in [-0.15, -0.1) is 10.2 Å². The number of aryl methyl sites for hydroxylation is 1. The zero-order chi connectivity index (χ0) is 13.8. The highest BCUT2D eigenvalue weighted by Gasteiger charge is 2.38. The molecule has 1 aromatic heterocycles. The molecule has 1 aliphatic heterocycles. The number of hydrogen-bond acceptors (Lipinski definition) is 6. The summed E-state index contributed by atoms with van der Waals surface area (Å²) in [5.74, 6) is -0.689. The Hall–Kier alpha value is -1.54. The van der Waals surface area contributed by atoms with Gasteiger partial charge in [0.1, 0.15) is 0 Å². The Morgan fingerprint density at radius 1 is 1.58 bits per heavy atom. The third-order valence-corrected chi connectivity index (χ3v) is 3.24. The summed E-state index contributed by atoms with van der Waals surface area (Å²) in [6.07, 6.45) is 0.934. The van der Waals surface area contributed by atoms with Crippen LogP contribution < -0.4 is 0 Å². The second-order valence-corrected chi connectivity index (χ2v) is 4.72. The number of aromatic nitrogens is 4. The molecule has 2 rings (SSSR count). The lowest BCUT2D eigenvalue weighted by Gasteiger charge is -2.28. The number of ether oxygens (including phenoxy) is 1. The highest BCUT2D eigenvalue weighted by molar-refractivity contribution is 5.71. The molecule has 0 saturated carbocycles. The van der Waals surface area contributed by atoms with Crippen LogP contribution in [0.3, 0.4) is 0 Å². The van der Waals surface area contributed by atoms with E-state index in [9.17, 15) is 9.90 Å². The molecule has 8 nitrogen and oxygen atoms in total. The summed E-state index contributed by atoms with van der Waals surface area (Å²) in [5.41, 5.74) is 0. The van der Waals surface area contributed by atoms with Gasteiger partial charge in [-0.05, 0) is 18.2 Å². The fourth-order valence-electron chi connectivity index (χ4n) is 2.36. The van der Waals surface area contributed by atoms with Crippen LogP contribution in [0.2, 0.25) is 0 Å². The van der Waals surface area contributed by atoms with E-state index in [1.807, 2.05) is 0 Å². The standard InChI is InChI=1S/C11H19N5O3/c1-3-4-16(5-10-12-14-15(2)13-10)9-7-19-6-8(9)11(17)18/h8-9H,3-7H2,1-2H3,(H,17,18). The van der Waals surface area contributed by atoms with E-state index >= 15 is 0 Å². The Balaban J connectivity index is 2.08. The van der Waals surface area contributed by atoms with Gasteiger partial charge in [0, 0.05) is 6.04 Å². The maximum absolute atomic E-state index is 11.2. The molecule has 0 bridgehead atoms. The van der Waals surface area contributed by atoms with Gasteiger partial charge in [-0.2, -0.15) is 4.80 Å². The van der Waals surface area contributed by atoms with Gasteiger partial charge in [-0.25, -0.2) is 0 Å². The minimum atomic E-state index is -0.810. The van der Waals surface area contributed by atoms with Crippen molar-refractivity contribution in [2.24, 2.45) is 13.0 Å². The summed E-state index contributed by atoms with van der Waals surface area (Å²) in [5, 5.41) is 21.1. The summed E-state index contributed by atoms with van der Waals surface area (Å²) in [7, 11) is 1.71. The molecule has 2 atom stereocenters. The maximum atomic E-state index is 11.2. The van der Waals surface area contributed by atoms with Crippen LogP contribution in [0.25, 0.3) is 0 Å². The van der Waals surface area contributed by atoms with Crippen LogP contribution in [0.4, 0.5) is 0 Å². The third kappa shape index (κ3) is 3.27. The number of carboxylic acids is 1. The fourth-order valence-corrected chi connectivity index (χ4v) is 2.36. The van der Waals surface area contributed by atoms with Gasteiger partial charge in [0.15, 0.2) is 5.82 Å². The summed E-state index contributed by atoms with van der Waals surface area (Å²) in [6, 6.07) is -0.124. The fraction of sp³-hybridized carbons (Fsp3) is 0.818. The highest BCUT2D eigenvalue weighted by atomic mass is 16.5. The predicted octanol–water partition coefficient (Wildman–Crippen LogP) is -0.478. The van der Waals surface area contributed by atoms with Gasteiger partial charge in [0.25, 0.3) is 0 Å². The smallest absolute Gasteiger partial charge is 0.310 e. The first-order chi connectivity index (χ1) is 9.11. The SMILES string of the molecule is CCCN(Cc1nnn(C)n1)C1COCC1C(=O)O. The van der Waals surface area contributed by atoms with Gasteiger partial charge in [-0.1, -0.05) is 6.92 Å². The van der Waals surface area contributed by atoms with E-state index in [1.54, 1.807) is 7.05 Å². The van der Waals surface area contributed by atoms with Crippen molar-refractivity contribution < 1.29 is 14.6 Å². The van der Waals surface area contributed by atoms with E-state index in [1.165, 1.54) is 4.80 Å². The van der Waals surface area contributed by atoms with Crippen LogP contribution in [-0.2, 0) is 23.1 Å². The van der Waals surface area contributed by atoms with E-state index in [0.29, 0.717) is 19.0 Å². The van der Waals surface area contributed by atoms with E-state index in [2.05, 4.69) is 27.2 Å². The molecule has 0 spiro atoms. The molecule has 106 valence electrons. The predicted molar refractivity (Wildman–Crippen MR) is 65.2 cm³/mol. The van der Waals surface area contributed by atoms with Crippen molar-refractivity contribution in [1.29, 1.82) is 0 Å². The molecule has 1 fully saturated rings. The summed E-state index contributed by atoms with van der Waals surface area (Å²) in [4.78, 5) is 14.7. The van der Waals surface area contributed by atoms with Crippen LogP contribution in [0, 0.1) is 5.92 Å². The molecular formula is C11H19N5O3. The Kier molecular flexibility index (Phi) is 4.43. The normalized spacial score (nSPS) is 23.1. The van der Waals surface area contributed by atoms with Crippen LogP contribution in [0.1, 0.15) is 19.2 Å². The summed E-state index contributed by atoms with van der Waals surface area (Å²) >= 11 is 0. The van der Waals surface area contributed by atoms with Crippen molar-refractivity contribution in [3.63, 3.8) is 0 Å². The monoisotopic (exact) mass is 269 g/mol. The topological polar surface area (TPSA) is 93.4 Å². The van der Waals surface area contributed by atoms with Gasteiger partial charge >= 0.3 is 5.97 Å². The van der Waals surface area contributed by atoms with Gasteiger partial charge in [-0.3, -0.25) is 9.69 Å². The van der Waals surface area contributed by atoms with Crippen molar-refractivity contribution in [1.82, 2.24) is 25.1 Å². The van der Waals surface area contributed by atoms with Crippen molar-refractivity contribution >= 4 is 5.97 Å². The Labute approximate surface area is 111 Å². The summed E-state index contributed by atoms with van der Waals surface area (Å²) in [6.45, 7) is 4.06. The minimum Gasteiger partial charge on any atom is -0.481 e. The molecule has 0 amide bonds. The van der Waals surface area contributed by atoms with Crippen molar-refractivity contribution in [3.8, 4) is 0 Å². The zero-order valence-corrected chi connectivity index (χ0v) is 11.2. The molecule has 0 aromatic carbocycles. The zero-order valence-electron chi connectivity index (χ0n) is 11.2. The molecule has 0 radical (unpaired) electrons. The molecule has 1 aromatic rings. The quantitative estimate of drug-likeness (QED) is 0.745. The lowest BCUT2D eigenvalue weighted by Crippen LogP contribution is -2.43. The molecule has 2 heterocycles. The molecule has 2 unspecified atom stereocenters. The van der Waals surface area contributed by atoms with Crippen molar-refractivity contribution in [3.05, 3.63) is 5.82 Å². The number of nitrogens with zero attached hydrogens (tertiary/aromatic N) is 5. The third-order valence-electron chi connectivity index (χ3n) is 3.24. The van der Waals surface area contributed by atoms with Crippen LogP contribution >= 0.6 is 0 Å². The molecule has 8 heteroatoms. The first-order valence-corrected chi connectivity index (χ1v) is 6.39. The summed E-state index contributed by atoms with van der Waals surface area (Å²) < 4.78 is 5.32. The number of rotatable bonds is 6. The van der Waals surface area contributed by atoms with E-state index in [0.717, 1.165) is 13.0 Å². The Bertz CT molecular complexity index is 436. The van der Waals surface area contributed by atoms with Gasteiger partial charge in [0.2, 0.25) is 0 Å². The lowest BCUT2D eigenvalue weighted by atomic mass is 10.0. The first-order valence-electron chi connectivity index (χ1n) is 6.39. The second kappa shape index (κ2) is 6.07. The van der Waals surface area contributed by atoms with Crippen molar-refractivity contribution in [2.45, 2.75) is 25.9 Å². The molecule has 1 aliphatic rings. The maximum Gasteiger partial charge on any atom is 0.310 e. The van der Waals surface area contributed by atoms with E-state index < -0.39 is 11.9 Å². The van der Waals surface area contributed by atoms with E-state index in [4.69, 9.17) is 4.74 Å². The van der Waals surface area contributed by atoms with Gasteiger partial charge < -0.3 is 9.84 Å². The Morgan fingerprint density at radius 2 is 2.37 bits per heavy atom. The number of carbonyl (C=O) groups is 1. The number of carboxylic acid groups (broad SMARTS) is 1. The first kappa shape index (κ1) is 13.9. The van der Waals surface area contributed by atoms with Gasteiger partial charge in [0.05, 0.1) is 32.7 Å². The molecule has 0 aliphatic carbocycles. The van der Waals surface area contributed by atoms with E-state index in [-0.39, 0.29) is 12.6 Å².